The zero-order valence-corrected chi connectivity index (χ0v) is 18.4. The van der Waals surface area contributed by atoms with Crippen LogP contribution >= 0.6 is 11.6 Å². The molecule has 0 saturated heterocycles. The molecule has 0 spiro atoms. The number of rotatable bonds is 7. The number of pyridine rings is 1. The van der Waals surface area contributed by atoms with Gasteiger partial charge >= 0.3 is 0 Å². The van der Waals surface area contributed by atoms with E-state index in [1.54, 1.807) is 30.6 Å². The number of nitrogens with zero attached hydrogens (tertiary/aromatic N) is 5. The molecular formula is C23H21ClN6O2. The number of hydrogen-bond donors (Lipinski definition) is 1. The summed E-state index contributed by atoms with van der Waals surface area (Å²) in [5.41, 5.74) is 4.45. The van der Waals surface area contributed by atoms with E-state index in [0.29, 0.717) is 23.3 Å². The Morgan fingerprint density at radius 2 is 1.97 bits per heavy atom. The highest BCUT2D eigenvalue weighted by Gasteiger charge is 2.12. The van der Waals surface area contributed by atoms with Crippen molar-refractivity contribution >= 4 is 23.6 Å². The molecule has 0 aliphatic rings. The van der Waals surface area contributed by atoms with E-state index in [-0.39, 0.29) is 12.5 Å². The van der Waals surface area contributed by atoms with Crippen LogP contribution in [0.15, 0.2) is 59.4 Å². The summed E-state index contributed by atoms with van der Waals surface area (Å²) in [6, 6.07) is 11.2. The number of hydrogen-bond acceptors (Lipinski definition) is 6. The van der Waals surface area contributed by atoms with Crippen molar-refractivity contribution in [1.82, 2.24) is 30.2 Å². The van der Waals surface area contributed by atoms with Crippen LogP contribution in [0.5, 0.6) is 0 Å². The van der Waals surface area contributed by atoms with Gasteiger partial charge in [0.25, 0.3) is 0 Å². The molecule has 4 aromatic rings. The molecule has 0 aliphatic carbocycles. The van der Waals surface area contributed by atoms with Crippen LogP contribution in [-0.2, 0) is 17.9 Å². The Bertz CT molecular complexity index is 1260. The van der Waals surface area contributed by atoms with E-state index in [2.05, 4.69) is 25.5 Å². The molecule has 9 heteroatoms. The summed E-state index contributed by atoms with van der Waals surface area (Å²) in [6.07, 6.45) is 6.53. The van der Waals surface area contributed by atoms with Crippen LogP contribution in [0, 0.1) is 13.8 Å². The lowest BCUT2D eigenvalue weighted by Gasteiger charge is -2.06. The minimum atomic E-state index is -0.272. The number of aryl methyl sites for hydroxylation is 1. The molecule has 0 radical (unpaired) electrons. The fraction of sp³-hybridized carbons (Fsp3) is 0.174. The second-order valence-electron chi connectivity index (χ2n) is 7.13. The zero-order valence-electron chi connectivity index (χ0n) is 17.6. The predicted molar refractivity (Wildman–Crippen MR) is 121 cm³/mol. The van der Waals surface area contributed by atoms with Crippen LogP contribution in [0.4, 0.5) is 0 Å². The number of halogens is 1. The van der Waals surface area contributed by atoms with Gasteiger partial charge in [-0.15, -0.1) is 0 Å². The van der Waals surface area contributed by atoms with Gasteiger partial charge in [0, 0.05) is 40.3 Å². The minimum Gasteiger partial charge on any atom is -0.343 e. The Hall–Kier alpha value is -3.78. The maximum Gasteiger partial charge on any atom is 0.246 e. The average molecular weight is 449 g/mol. The van der Waals surface area contributed by atoms with Crippen LogP contribution in [0.3, 0.4) is 0 Å². The van der Waals surface area contributed by atoms with Gasteiger partial charge in [0.05, 0.1) is 18.8 Å². The van der Waals surface area contributed by atoms with Crippen LogP contribution in [0.2, 0.25) is 5.02 Å². The Kier molecular flexibility index (Phi) is 6.42. The molecule has 0 fully saturated rings. The quantitative estimate of drug-likeness (QED) is 0.429. The van der Waals surface area contributed by atoms with Crippen LogP contribution in [-0.4, -0.2) is 30.8 Å². The van der Waals surface area contributed by atoms with Gasteiger partial charge in [-0.05, 0) is 43.7 Å². The van der Waals surface area contributed by atoms with Gasteiger partial charge in [0.15, 0.2) is 0 Å². The first-order chi connectivity index (χ1) is 15.5. The molecule has 0 atom stereocenters. The maximum absolute atomic E-state index is 12.3. The van der Waals surface area contributed by atoms with Crippen molar-refractivity contribution in [1.29, 1.82) is 0 Å². The molecule has 0 saturated carbocycles. The van der Waals surface area contributed by atoms with Crippen molar-refractivity contribution in [3.63, 3.8) is 0 Å². The molecule has 1 aromatic carbocycles. The molecule has 0 bridgehead atoms. The first-order valence-corrected chi connectivity index (χ1v) is 10.4. The van der Waals surface area contributed by atoms with Gasteiger partial charge in [0.2, 0.25) is 17.6 Å². The standard InChI is InChI=1S/C23H21ClN6O2/c1-15-19(16(2)30(28-15)14-18-5-3-4-6-20(18)24)7-8-21(31)26-13-22-27-23(29-32-22)17-9-11-25-12-10-17/h3-12H,13-14H2,1-2H3,(H,26,31)/b8-7+. The van der Waals surface area contributed by atoms with Crippen molar-refractivity contribution < 1.29 is 9.32 Å². The third-order valence-corrected chi connectivity index (χ3v) is 5.31. The SMILES string of the molecule is Cc1nn(Cc2ccccc2Cl)c(C)c1/C=C/C(=O)NCc1nc(-c2ccncc2)no1. The summed E-state index contributed by atoms with van der Waals surface area (Å²) < 4.78 is 7.08. The Balaban J connectivity index is 1.38. The van der Waals surface area contributed by atoms with Gasteiger partial charge in [-0.25, -0.2) is 0 Å². The third-order valence-electron chi connectivity index (χ3n) is 4.94. The first-order valence-electron chi connectivity index (χ1n) is 9.97. The Morgan fingerprint density at radius 1 is 1.19 bits per heavy atom. The number of carbonyl (C=O) groups excluding carboxylic acids is 1. The van der Waals surface area contributed by atoms with E-state index in [0.717, 1.165) is 28.1 Å². The van der Waals surface area contributed by atoms with Crippen LogP contribution in [0.1, 0.15) is 28.4 Å². The lowest BCUT2D eigenvalue weighted by atomic mass is 10.1. The van der Waals surface area contributed by atoms with Gasteiger partial charge in [-0.3, -0.25) is 14.5 Å². The van der Waals surface area contributed by atoms with E-state index in [9.17, 15) is 4.79 Å². The fourth-order valence-electron chi connectivity index (χ4n) is 3.22. The first kappa shape index (κ1) is 21.5. The summed E-state index contributed by atoms with van der Waals surface area (Å²) in [4.78, 5) is 20.5. The Labute approximate surface area is 189 Å². The van der Waals surface area contributed by atoms with Gasteiger partial charge in [0.1, 0.15) is 0 Å². The van der Waals surface area contributed by atoms with E-state index >= 15 is 0 Å². The molecule has 1 N–H and O–H groups in total. The number of aromatic nitrogens is 5. The van der Waals surface area contributed by atoms with Crippen LogP contribution < -0.4 is 5.32 Å². The highest BCUT2D eigenvalue weighted by Crippen LogP contribution is 2.20. The van der Waals surface area contributed by atoms with Crippen molar-refractivity contribution in [2.24, 2.45) is 0 Å². The fourth-order valence-corrected chi connectivity index (χ4v) is 3.41. The number of benzene rings is 1. The molecule has 8 nitrogen and oxygen atoms in total. The maximum atomic E-state index is 12.3. The van der Waals surface area contributed by atoms with Gasteiger partial charge < -0.3 is 9.84 Å². The summed E-state index contributed by atoms with van der Waals surface area (Å²) >= 11 is 6.27. The van der Waals surface area contributed by atoms with E-state index < -0.39 is 0 Å². The normalized spacial score (nSPS) is 11.2. The van der Waals surface area contributed by atoms with Crippen molar-refractivity contribution in [3.05, 3.63) is 88.3 Å². The topological polar surface area (TPSA) is 98.7 Å². The molecule has 3 heterocycles. The number of amides is 1. The smallest absolute Gasteiger partial charge is 0.246 e. The third kappa shape index (κ3) is 4.92. The van der Waals surface area contributed by atoms with E-state index in [1.165, 1.54) is 6.08 Å². The average Bonchev–Trinajstić information content (AvgIpc) is 3.38. The summed E-state index contributed by atoms with van der Waals surface area (Å²) in [6.45, 7) is 4.56. The summed E-state index contributed by atoms with van der Waals surface area (Å²) in [7, 11) is 0. The molecule has 162 valence electrons. The second-order valence-corrected chi connectivity index (χ2v) is 7.54. The molecule has 4 rings (SSSR count). The molecule has 1 amide bonds. The van der Waals surface area contributed by atoms with E-state index in [4.69, 9.17) is 16.1 Å². The molecule has 32 heavy (non-hydrogen) atoms. The zero-order chi connectivity index (χ0) is 22.5. The molecule has 3 aromatic heterocycles. The highest BCUT2D eigenvalue weighted by molar-refractivity contribution is 6.31. The number of nitrogens with one attached hydrogen (secondary N) is 1. The van der Waals surface area contributed by atoms with E-state index in [1.807, 2.05) is 42.8 Å². The van der Waals surface area contributed by atoms with Gasteiger partial charge in [-0.2, -0.15) is 10.1 Å². The lowest BCUT2D eigenvalue weighted by molar-refractivity contribution is -0.116. The van der Waals surface area contributed by atoms with Crippen molar-refractivity contribution in [3.8, 4) is 11.4 Å². The molecule has 0 aliphatic heterocycles. The molecular weight excluding hydrogens is 428 g/mol. The summed E-state index contributed by atoms with van der Waals surface area (Å²) in [5.74, 6) is 0.495. The Morgan fingerprint density at radius 3 is 2.75 bits per heavy atom. The van der Waals surface area contributed by atoms with Crippen LogP contribution in [0.25, 0.3) is 17.5 Å². The summed E-state index contributed by atoms with van der Waals surface area (Å²) in [5, 5.41) is 12.0. The largest absolute Gasteiger partial charge is 0.343 e. The van der Waals surface area contributed by atoms with Gasteiger partial charge in [-0.1, -0.05) is 35.0 Å². The monoisotopic (exact) mass is 448 g/mol. The van der Waals surface area contributed by atoms with Crippen molar-refractivity contribution in [2.75, 3.05) is 0 Å². The predicted octanol–water partition coefficient (Wildman–Crippen LogP) is 3.98. The number of carbonyl (C=O) groups is 1. The highest BCUT2D eigenvalue weighted by atomic mass is 35.5. The van der Waals surface area contributed by atoms with Crippen molar-refractivity contribution in [2.45, 2.75) is 26.9 Å². The molecule has 0 unspecified atom stereocenters. The second kappa shape index (κ2) is 9.57. The lowest BCUT2D eigenvalue weighted by Crippen LogP contribution is -2.20. The minimum absolute atomic E-state index is 0.130.